The Hall–Kier alpha value is -2.73. The highest BCUT2D eigenvalue weighted by atomic mass is 16.5. The van der Waals surface area contributed by atoms with Crippen molar-refractivity contribution in [3.8, 4) is 0 Å². The van der Waals surface area contributed by atoms with E-state index in [0.717, 1.165) is 41.2 Å². The summed E-state index contributed by atoms with van der Waals surface area (Å²) in [5.74, 6) is 1.75. The summed E-state index contributed by atoms with van der Waals surface area (Å²) in [6.07, 6.45) is 2.30. The SMILES string of the molecule is Cc1cccc([C@@H](C)Nc2nnc(C)c3cnc(N4C[C@@H](C)O[C@@H](C)C4)cc23)c1C. The molecule has 3 heterocycles. The van der Waals surface area contributed by atoms with Gasteiger partial charge in [-0.05, 0) is 64.3 Å². The molecule has 158 valence electrons. The van der Waals surface area contributed by atoms with E-state index >= 15 is 0 Å². The standard InChI is InChI=1S/C24H31N5O/c1-14-8-7-9-20(17(14)4)18(5)26-24-21-10-23(25-11-22(21)19(6)27-28-24)29-12-15(2)30-16(3)13-29/h7-11,15-16,18H,12-13H2,1-6H3,(H,26,28)/t15-,16+,18-/m1/s1. The Balaban J connectivity index is 1.71. The molecule has 0 radical (unpaired) electrons. The summed E-state index contributed by atoms with van der Waals surface area (Å²) < 4.78 is 5.89. The van der Waals surface area contributed by atoms with Gasteiger partial charge in [0.25, 0.3) is 0 Å². The number of nitrogens with zero attached hydrogens (tertiary/aromatic N) is 4. The van der Waals surface area contributed by atoms with Crippen LogP contribution in [0.4, 0.5) is 11.6 Å². The van der Waals surface area contributed by atoms with Crippen molar-refractivity contribution in [3.05, 3.63) is 52.8 Å². The van der Waals surface area contributed by atoms with E-state index in [-0.39, 0.29) is 18.2 Å². The van der Waals surface area contributed by atoms with E-state index in [2.05, 4.69) is 79.3 Å². The summed E-state index contributed by atoms with van der Waals surface area (Å²) in [4.78, 5) is 7.04. The normalized spacial score (nSPS) is 20.4. The molecule has 0 amide bonds. The third-order valence-corrected chi connectivity index (χ3v) is 6.04. The zero-order valence-corrected chi connectivity index (χ0v) is 18.7. The van der Waals surface area contributed by atoms with E-state index in [9.17, 15) is 0 Å². The number of pyridine rings is 1. The number of ether oxygens (including phenoxy) is 1. The van der Waals surface area contributed by atoms with E-state index in [1.54, 1.807) is 0 Å². The Morgan fingerprint density at radius 1 is 1.07 bits per heavy atom. The molecule has 1 aliphatic heterocycles. The number of hydrogen-bond donors (Lipinski definition) is 1. The van der Waals surface area contributed by atoms with Crippen molar-refractivity contribution in [2.24, 2.45) is 0 Å². The van der Waals surface area contributed by atoms with Crippen molar-refractivity contribution in [1.82, 2.24) is 15.2 Å². The highest BCUT2D eigenvalue weighted by Gasteiger charge is 2.24. The van der Waals surface area contributed by atoms with Crippen molar-refractivity contribution in [2.75, 3.05) is 23.3 Å². The van der Waals surface area contributed by atoms with Crippen LogP contribution >= 0.6 is 0 Å². The molecule has 6 heteroatoms. The van der Waals surface area contributed by atoms with Crippen molar-refractivity contribution in [1.29, 1.82) is 0 Å². The molecule has 1 aliphatic rings. The van der Waals surface area contributed by atoms with Gasteiger partial charge in [0.2, 0.25) is 0 Å². The first-order chi connectivity index (χ1) is 14.3. The molecule has 0 saturated carbocycles. The van der Waals surface area contributed by atoms with Gasteiger partial charge in [0.05, 0.1) is 23.9 Å². The molecular formula is C24H31N5O. The second-order valence-electron chi connectivity index (χ2n) is 8.54. The van der Waals surface area contributed by atoms with Crippen LogP contribution < -0.4 is 10.2 Å². The van der Waals surface area contributed by atoms with E-state index < -0.39 is 0 Å². The molecule has 1 saturated heterocycles. The van der Waals surface area contributed by atoms with Crippen molar-refractivity contribution in [3.63, 3.8) is 0 Å². The van der Waals surface area contributed by atoms with Crippen LogP contribution in [0, 0.1) is 20.8 Å². The lowest BCUT2D eigenvalue weighted by Gasteiger charge is -2.36. The van der Waals surface area contributed by atoms with Crippen LogP contribution in [0.15, 0.2) is 30.5 Å². The summed E-state index contributed by atoms with van der Waals surface area (Å²) in [5, 5.41) is 14.6. The van der Waals surface area contributed by atoms with Gasteiger partial charge >= 0.3 is 0 Å². The second-order valence-corrected chi connectivity index (χ2v) is 8.54. The maximum Gasteiger partial charge on any atom is 0.157 e. The van der Waals surface area contributed by atoms with Crippen LogP contribution in [-0.2, 0) is 4.74 Å². The molecule has 6 nitrogen and oxygen atoms in total. The number of nitrogens with one attached hydrogen (secondary N) is 1. The molecule has 0 unspecified atom stereocenters. The first-order valence-corrected chi connectivity index (χ1v) is 10.7. The minimum atomic E-state index is 0.116. The first kappa shape index (κ1) is 20.5. The average molecular weight is 406 g/mol. The summed E-state index contributed by atoms with van der Waals surface area (Å²) in [7, 11) is 0. The van der Waals surface area contributed by atoms with E-state index in [1.807, 2.05) is 13.1 Å². The molecule has 0 aliphatic carbocycles. The number of rotatable bonds is 4. The molecule has 4 rings (SSSR count). The summed E-state index contributed by atoms with van der Waals surface area (Å²) in [6.45, 7) is 14.4. The quantitative estimate of drug-likeness (QED) is 0.677. The predicted molar refractivity (Wildman–Crippen MR) is 122 cm³/mol. The van der Waals surface area contributed by atoms with Crippen molar-refractivity contribution in [2.45, 2.75) is 59.8 Å². The number of hydrogen-bond acceptors (Lipinski definition) is 6. The van der Waals surface area contributed by atoms with Gasteiger partial charge in [-0.1, -0.05) is 18.2 Å². The largest absolute Gasteiger partial charge is 0.372 e. The lowest BCUT2D eigenvalue weighted by atomic mass is 9.98. The molecule has 2 aromatic heterocycles. The molecule has 1 aromatic carbocycles. The minimum Gasteiger partial charge on any atom is -0.372 e. The zero-order valence-electron chi connectivity index (χ0n) is 18.7. The van der Waals surface area contributed by atoms with Gasteiger partial charge in [0, 0.05) is 30.1 Å². The molecule has 1 fully saturated rings. The average Bonchev–Trinajstić information content (AvgIpc) is 2.71. The topological polar surface area (TPSA) is 63.2 Å². The van der Waals surface area contributed by atoms with Gasteiger partial charge in [-0.2, -0.15) is 5.10 Å². The number of fused-ring (bicyclic) bond motifs is 1. The molecule has 3 aromatic rings. The minimum absolute atomic E-state index is 0.116. The fourth-order valence-electron chi connectivity index (χ4n) is 4.33. The maximum atomic E-state index is 5.89. The van der Waals surface area contributed by atoms with E-state index in [4.69, 9.17) is 9.72 Å². The van der Waals surface area contributed by atoms with Crippen molar-refractivity contribution >= 4 is 22.4 Å². The molecular weight excluding hydrogens is 374 g/mol. The Bertz CT molecular complexity index is 1060. The van der Waals surface area contributed by atoms with Crippen molar-refractivity contribution < 1.29 is 4.74 Å². The number of morpholine rings is 1. The summed E-state index contributed by atoms with van der Waals surface area (Å²) in [6, 6.07) is 8.69. The highest BCUT2D eigenvalue weighted by Crippen LogP contribution is 2.30. The van der Waals surface area contributed by atoms with Crippen LogP contribution in [-0.4, -0.2) is 40.5 Å². The number of benzene rings is 1. The first-order valence-electron chi connectivity index (χ1n) is 10.7. The lowest BCUT2D eigenvalue weighted by molar-refractivity contribution is -0.00544. The van der Waals surface area contributed by atoms with Gasteiger partial charge in [-0.3, -0.25) is 0 Å². The van der Waals surface area contributed by atoms with Gasteiger partial charge in [0.1, 0.15) is 5.82 Å². The molecule has 0 spiro atoms. The van der Waals surface area contributed by atoms with E-state index in [1.165, 1.54) is 16.7 Å². The lowest BCUT2D eigenvalue weighted by Crippen LogP contribution is -2.45. The zero-order chi connectivity index (χ0) is 21.4. The van der Waals surface area contributed by atoms with Gasteiger partial charge in [-0.15, -0.1) is 5.10 Å². The van der Waals surface area contributed by atoms with Gasteiger partial charge in [-0.25, -0.2) is 4.98 Å². The third-order valence-electron chi connectivity index (χ3n) is 6.04. The maximum absolute atomic E-state index is 5.89. The van der Waals surface area contributed by atoms with Gasteiger partial charge in [0.15, 0.2) is 5.82 Å². The number of aryl methyl sites for hydroxylation is 2. The smallest absolute Gasteiger partial charge is 0.157 e. The van der Waals surface area contributed by atoms with Crippen LogP contribution in [0.3, 0.4) is 0 Å². The fourth-order valence-corrected chi connectivity index (χ4v) is 4.33. The Labute approximate surface area is 178 Å². The number of anilines is 2. The van der Waals surface area contributed by atoms with E-state index in [0.29, 0.717) is 0 Å². The summed E-state index contributed by atoms with van der Waals surface area (Å²) >= 11 is 0. The number of aromatic nitrogens is 3. The monoisotopic (exact) mass is 405 g/mol. The van der Waals surface area contributed by atoms with Crippen LogP contribution in [0.1, 0.15) is 49.2 Å². The van der Waals surface area contributed by atoms with Gasteiger partial charge < -0.3 is 15.0 Å². The van der Waals surface area contributed by atoms with Crippen LogP contribution in [0.5, 0.6) is 0 Å². The molecule has 0 bridgehead atoms. The van der Waals surface area contributed by atoms with Crippen LogP contribution in [0.25, 0.3) is 10.8 Å². The molecule has 1 N–H and O–H groups in total. The Morgan fingerprint density at radius 3 is 2.53 bits per heavy atom. The van der Waals surface area contributed by atoms with Crippen LogP contribution in [0.2, 0.25) is 0 Å². The Morgan fingerprint density at radius 2 is 1.80 bits per heavy atom. The molecule has 3 atom stereocenters. The Kier molecular flexibility index (Phi) is 5.60. The second kappa shape index (κ2) is 8.19. The highest BCUT2D eigenvalue weighted by molar-refractivity contribution is 5.94. The third kappa shape index (κ3) is 3.97. The summed E-state index contributed by atoms with van der Waals surface area (Å²) in [5.41, 5.74) is 4.76. The molecule has 30 heavy (non-hydrogen) atoms. The predicted octanol–water partition coefficient (Wildman–Crippen LogP) is 4.74. The fraction of sp³-hybridized carbons (Fsp3) is 0.458.